The van der Waals surface area contributed by atoms with E-state index in [2.05, 4.69) is 13.8 Å². The molecular formula is C24H46O5. The third-order valence-corrected chi connectivity index (χ3v) is 5.71. The monoisotopic (exact) mass is 414 g/mol. The fourth-order valence-electron chi connectivity index (χ4n) is 3.83. The predicted octanol–water partition coefficient (Wildman–Crippen LogP) is 6.00. The summed E-state index contributed by atoms with van der Waals surface area (Å²) in [5, 5.41) is 29.9. The molecule has 0 bridgehead atoms. The van der Waals surface area contributed by atoms with E-state index < -0.39 is 23.5 Å². The first-order valence-electron chi connectivity index (χ1n) is 12.1. The van der Waals surface area contributed by atoms with Gasteiger partial charge in [-0.1, -0.05) is 104 Å². The Morgan fingerprint density at radius 3 is 1.45 bits per heavy atom. The van der Waals surface area contributed by atoms with Gasteiger partial charge in [0.1, 0.15) is 0 Å². The van der Waals surface area contributed by atoms with E-state index in [4.69, 9.17) is 0 Å². The van der Waals surface area contributed by atoms with Crippen molar-refractivity contribution in [1.82, 2.24) is 0 Å². The van der Waals surface area contributed by atoms with Crippen LogP contribution in [0.1, 0.15) is 129 Å². The number of unbranched alkanes of at least 4 members (excludes halogenated alkanes) is 14. The number of carbonyl (C=O) groups is 2. The van der Waals surface area contributed by atoms with Crippen LogP contribution in [0.2, 0.25) is 0 Å². The van der Waals surface area contributed by atoms with Gasteiger partial charge in [0.25, 0.3) is 0 Å². The van der Waals surface area contributed by atoms with E-state index in [9.17, 15) is 24.9 Å². The predicted molar refractivity (Wildman–Crippen MR) is 118 cm³/mol. The van der Waals surface area contributed by atoms with E-state index >= 15 is 0 Å². The van der Waals surface area contributed by atoms with Gasteiger partial charge in [0.2, 0.25) is 0 Å². The lowest BCUT2D eigenvalue weighted by molar-refractivity contribution is -0.212. The van der Waals surface area contributed by atoms with E-state index in [-0.39, 0.29) is 12.8 Å². The van der Waals surface area contributed by atoms with Crippen molar-refractivity contribution in [2.45, 2.75) is 135 Å². The number of Topliss-reactive ketones (excluding diaryl/α,β-unsaturated/α-hetero) is 1. The van der Waals surface area contributed by atoms with Gasteiger partial charge in [-0.25, -0.2) is 0 Å². The lowest BCUT2D eigenvalue weighted by Gasteiger charge is -2.27. The summed E-state index contributed by atoms with van der Waals surface area (Å²) in [5.74, 6) is -6.19. The first-order valence-corrected chi connectivity index (χ1v) is 12.1. The Bertz CT molecular complexity index is 419. The number of hydrogen-bond acceptors (Lipinski definition) is 4. The summed E-state index contributed by atoms with van der Waals surface area (Å²) in [7, 11) is 0. The molecule has 0 aliphatic rings. The number of carboxylic acids is 1. The molecule has 0 aromatic heterocycles. The molecule has 1 unspecified atom stereocenters. The smallest absolute Gasteiger partial charge is 0.319 e. The van der Waals surface area contributed by atoms with E-state index in [1.807, 2.05) is 0 Å². The molecule has 5 heteroatoms. The fraction of sp³-hybridized carbons (Fsp3) is 0.917. The highest BCUT2D eigenvalue weighted by Crippen LogP contribution is 2.25. The standard InChI is InChI=1S/C24H46O5/c1-3-5-7-9-11-12-13-15-17-19-21(25)22(23(26)27)24(28,29)20-18-16-14-10-8-6-4-2/h22,28-29H,3-20H2,1-2H3,(H,26,27). The maximum absolute atomic E-state index is 12.3. The lowest BCUT2D eigenvalue weighted by atomic mass is 9.87. The Hall–Kier alpha value is -0.940. The van der Waals surface area contributed by atoms with Crippen molar-refractivity contribution in [3.8, 4) is 0 Å². The second-order valence-electron chi connectivity index (χ2n) is 8.57. The fourth-order valence-corrected chi connectivity index (χ4v) is 3.83. The SMILES string of the molecule is CCCCCCCCCCCC(=O)C(C(=O)O)C(O)(O)CCCCCCCCC. The van der Waals surface area contributed by atoms with E-state index in [0.717, 1.165) is 38.5 Å². The van der Waals surface area contributed by atoms with Gasteiger partial charge in [0, 0.05) is 12.8 Å². The Balaban J connectivity index is 4.11. The number of hydrogen-bond donors (Lipinski definition) is 3. The van der Waals surface area contributed by atoms with E-state index in [1.165, 1.54) is 51.4 Å². The van der Waals surface area contributed by atoms with Gasteiger partial charge in [-0.05, 0) is 12.8 Å². The zero-order valence-corrected chi connectivity index (χ0v) is 19.0. The van der Waals surface area contributed by atoms with Crippen molar-refractivity contribution in [2.75, 3.05) is 0 Å². The molecule has 0 aromatic rings. The second kappa shape index (κ2) is 17.9. The van der Waals surface area contributed by atoms with Crippen molar-refractivity contribution >= 4 is 11.8 Å². The number of carbonyl (C=O) groups excluding carboxylic acids is 1. The highest BCUT2D eigenvalue weighted by Gasteiger charge is 2.44. The molecule has 0 aliphatic heterocycles. The molecule has 1 atom stereocenters. The number of aliphatic hydroxyl groups is 2. The summed E-state index contributed by atoms with van der Waals surface area (Å²) in [6, 6.07) is 0. The van der Waals surface area contributed by atoms with E-state index in [1.54, 1.807) is 0 Å². The van der Waals surface area contributed by atoms with Gasteiger partial charge in [-0.15, -0.1) is 0 Å². The first-order chi connectivity index (χ1) is 13.9. The normalized spacial score (nSPS) is 12.8. The number of rotatable bonds is 21. The zero-order chi connectivity index (χ0) is 22.0. The third-order valence-electron chi connectivity index (χ3n) is 5.71. The number of carboxylic acid groups (broad SMARTS) is 1. The summed E-state index contributed by atoms with van der Waals surface area (Å²) in [5.41, 5.74) is 0. The number of ketones is 1. The van der Waals surface area contributed by atoms with Crippen molar-refractivity contribution in [3.05, 3.63) is 0 Å². The summed E-state index contributed by atoms with van der Waals surface area (Å²) < 4.78 is 0. The van der Waals surface area contributed by atoms with Crippen molar-refractivity contribution in [1.29, 1.82) is 0 Å². The summed E-state index contributed by atoms with van der Waals surface area (Å²) in [6.45, 7) is 4.35. The molecule has 29 heavy (non-hydrogen) atoms. The van der Waals surface area contributed by atoms with Crippen LogP contribution in [0.25, 0.3) is 0 Å². The topological polar surface area (TPSA) is 94.8 Å². The highest BCUT2D eigenvalue weighted by molar-refractivity contribution is 5.99. The highest BCUT2D eigenvalue weighted by atomic mass is 16.5. The molecule has 3 N–H and O–H groups in total. The summed E-state index contributed by atoms with van der Waals surface area (Å²) in [6.07, 6.45) is 17.0. The van der Waals surface area contributed by atoms with Gasteiger partial charge in [-0.2, -0.15) is 0 Å². The molecule has 5 nitrogen and oxygen atoms in total. The minimum Gasteiger partial charge on any atom is -0.481 e. The molecule has 172 valence electrons. The molecule has 0 radical (unpaired) electrons. The molecule has 0 heterocycles. The van der Waals surface area contributed by atoms with Crippen LogP contribution in [-0.4, -0.2) is 32.9 Å². The molecule has 0 aliphatic carbocycles. The maximum atomic E-state index is 12.3. The van der Waals surface area contributed by atoms with Crippen LogP contribution < -0.4 is 0 Å². The molecule has 0 saturated carbocycles. The second-order valence-corrected chi connectivity index (χ2v) is 8.57. The zero-order valence-electron chi connectivity index (χ0n) is 19.0. The van der Waals surface area contributed by atoms with Crippen LogP contribution in [0, 0.1) is 5.92 Å². The minimum absolute atomic E-state index is 0.0682. The van der Waals surface area contributed by atoms with Crippen LogP contribution in [0.15, 0.2) is 0 Å². The summed E-state index contributed by atoms with van der Waals surface area (Å²) in [4.78, 5) is 23.9. The Labute approximate surface area is 178 Å². The van der Waals surface area contributed by atoms with Crippen molar-refractivity contribution < 1.29 is 24.9 Å². The quantitative estimate of drug-likeness (QED) is 0.122. The largest absolute Gasteiger partial charge is 0.481 e. The van der Waals surface area contributed by atoms with Crippen LogP contribution in [0.3, 0.4) is 0 Å². The van der Waals surface area contributed by atoms with Gasteiger partial charge in [0.15, 0.2) is 17.5 Å². The summed E-state index contributed by atoms with van der Waals surface area (Å²) >= 11 is 0. The molecule has 0 saturated heterocycles. The first kappa shape index (κ1) is 28.1. The third kappa shape index (κ3) is 14.6. The molecule has 0 rings (SSSR count). The van der Waals surface area contributed by atoms with Gasteiger partial charge >= 0.3 is 5.97 Å². The number of aliphatic carboxylic acids is 1. The van der Waals surface area contributed by atoms with Crippen molar-refractivity contribution in [3.63, 3.8) is 0 Å². The minimum atomic E-state index is -2.45. The Morgan fingerprint density at radius 1 is 0.655 bits per heavy atom. The van der Waals surface area contributed by atoms with Crippen molar-refractivity contribution in [2.24, 2.45) is 5.92 Å². The van der Waals surface area contributed by atoms with Gasteiger partial charge < -0.3 is 15.3 Å². The average Bonchev–Trinajstić information content (AvgIpc) is 2.65. The molecule has 0 fully saturated rings. The van der Waals surface area contributed by atoms with E-state index in [0.29, 0.717) is 12.8 Å². The lowest BCUT2D eigenvalue weighted by Crippen LogP contribution is -2.46. The van der Waals surface area contributed by atoms with Gasteiger partial charge in [-0.3, -0.25) is 9.59 Å². The molecule has 0 spiro atoms. The van der Waals surface area contributed by atoms with Gasteiger partial charge in [0.05, 0.1) is 0 Å². The van der Waals surface area contributed by atoms with Crippen LogP contribution in [0.4, 0.5) is 0 Å². The maximum Gasteiger partial charge on any atom is 0.319 e. The Morgan fingerprint density at radius 2 is 1.03 bits per heavy atom. The molecule has 0 amide bonds. The van der Waals surface area contributed by atoms with Crippen LogP contribution in [-0.2, 0) is 9.59 Å². The Kier molecular flexibility index (Phi) is 17.3. The van der Waals surface area contributed by atoms with Crippen LogP contribution >= 0.6 is 0 Å². The molecular weight excluding hydrogens is 368 g/mol. The average molecular weight is 415 g/mol. The van der Waals surface area contributed by atoms with Crippen LogP contribution in [0.5, 0.6) is 0 Å². The molecule has 0 aromatic carbocycles.